The molecule has 3 aromatic rings. The molecular weight excluding hydrogens is 234 g/mol. The van der Waals surface area contributed by atoms with E-state index in [0.29, 0.717) is 5.89 Å². The lowest BCUT2D eigenvalue weighted by Gasteiger charge is -1.97. The molecule has 1 heterocycles. The van der Waals surface area contributed by atoms with Crippen molar-refractivity contribution in [1.82, 2.24) is 4.98 Å². The van der Waals surface area contributed by atoms with E-state index >= 15 is 0 Å². The molecule has 0 saturated carbocycles. The van der Waals surface area contributed by atoms with Crippen LogP contribution in [0.3, 0.4) is 0 Å². The minimum absolute atomic E-state index is 0.651. The van der Waals surface area contributed by atoms with E-state index in [4.69, 9.17) is 4.42 Å². The van der Waals surface area contributed by atoms with Gasteiger partial charge in [-0.3, -0.25) is 0 Å². The van der Waals surface area contributed by atoms with Crippen molar-refractivity contribution < 1.29 is 4.42 Å². The molecule has 2 aromatic carbocycles. The smallest absolute Gasteiger partial charge is 0.225 e. The van der Waals surface area contributed by atoms with E-state index in [2.05, 4.69) is 41.4 Å². The zero-order chi connectivity index (χ0) is 12.9. The van der Waals surface area contributed by atoms with Gasteiger partial charge in [0.05, 0.1) is 6.20 Å². The Balaban J connectivity index is 1.78. The largest absolute Gasteiger partial charge is 0.445 e. The first-order valence-corrected chi connectivity index (χ1v) is 6.15. The predicted octanol–water partition coefficient (Wildman–Crippen LogP) is 4.51. The Bertz CT molecular complexity index is 652. The molecule has 0 fully saturated rings. The van der Waals surface area contributed by atoms with Crippen molar-refractivity contribution in [2.75, 3.05) is 0 Å². The summed E-state index contributed by atoms with van der Waals surface area (Å²) in [6.07, 6.45) is 7.42. The summed E-state index contributed by atoms with van der Waals surface area (Å²) >= 11 is 0. The second kappa shape index (κ2) is 5.36. The summed E-state index contributed by atoms with van der Waals surface area (Å²) in [5, 5.41) is 0. The Kier molecular flexibility index (Phi) is 3.24. The number of aromatic nitrogens is 1. The molecule has 2 heteroatoms. The minimum Gasteiger partial charge on any atom is -0.445 e. The summed E-state index contributed by atoms with van der Waals surface area (Å²) < 4.78 is 5.26. The summed E-state index contributed by atoms with van der Waals surface area (Å²) in [6, 6.07) is 18.4. The predicted molar refractivity (Wildman–Crippen MR) is 77.3 cm³/mol. The summed E-state index contributed by atoms with van der Waals surface area (Å²) in [5.41, 5.74) is 3.33. The van der Waals surface area contributed by atoms with Crippen molar-refractivity contribution >= 4 is 12.2 Å². The summed E-state index contributed by atoms with van der Waals surface area (Å²) in [4.78, 5) is 4.13. The molecule has 92 valence electrons. The molecular formula is C17H13NO. The first-order valence-electron chi connectivity index (χ1n) is 6.15. The highest BCUT2D eigenvalue weighted by molar-refractivity contribution is 5.70. The third-order valence-electron chi connectivity index (χ3n) is 2.86. The zero-order valence-electron chi connectivity index (χ0n) is 10.4. The van der Waals surface area contributed by atoms with Gasteiger partial charge >= 0.3 is 0 Å². The van der Waals surface area contributed by atoms with Gasteiger partial charge in [0.15, 0.2) is 0 Å². The number of hydrogen-bond donors (Lipinski definition) is 0. The second-order valence-corrected chi connectivity index (χ2v) is 4.20. The van der Waals surface area contributed by atoms with Gasteiger partial charge in [0.25, 0.3) is 0 Å². The van der Waals surface area contributed by atoms with E-state index < -0.39 is 0 Å². The van der Waals surface area contributed by atoms with E-state index in [1.807, 2.05) is 30.3 Å². The van der Waals surface area contributed by atoms with Gasteiger partial charge in [-0.15, -0.1) is 0 Å². The Morgan fingerprint density at radius 3 is 2.11 bits per heavy atom. The fourth-order valence-corrected chi connectivity index (χ4v) is 1.86. The number of benzene rings is 2. The van der Waals surface area contributed by atoms with Crippen LogP contribution in [0.15, 0.2) is 71.5 Å². The first-order chi connectivity index (χ1) is 9.42. The maximum absolute atomic E-state index is 5.26. The number of nitrogens with zero attached hydrogens (tertiary/aromatic N) is 1. The van der Waals surface area contributed by atoms with Crippen molar-refractivity contribution in [1.29, 1.82) is 0 Å². The monoisotopic (exact) mass is 247 g/mol. The third kappa shape index (κ3) is 2.80. The van der Waals surface area contributed by atoms with E-state index in [1.165, 1.54) is 5.56 Å². The molecule has 0 aliphatic carbocycles. The fourth-order valence-electron chi connectivity index (χ4n) is 1.86. The van der Waals surface area contributed by atoms with Crippen LogP contribution in [0.25, 0.3) is 23.6 Å². The van der Waals surface area contributed by atoms with Crippen molar-refractivity contribution in [2.45, 2.75) is 0 Å². The molecule has 0 saturated heterocycles. The van der Waals surface area contributed by atoms with Gasteiger partial charge < -0.3 is 4.42 Å². The van der Waals surface area contributed by atoms with Gasteiger partial charge in [-0.2, -0.15) is 0 Å². The van der Waals surface area contributed by atoms with E-state index in [0.717, 1.165) is 11.1 Å². The van der Waals surface area contributed by atoms with Crippen LogP contribution in [-0.4, -0.2) is 4.98 Å². The highest BCUT2D eigenvalue weighted by Gasteiger charge is 2.00. The maximum Gasteiger partial charge on any atom is 0.225 e. The Hall–Kier alpha value is -2.61. The van der Waals surface area contributed by atoms with E-state index in [-0.39, 0.29) is 0 Å². The standard InChI is InChI=1S/C17H13NO/c1-2-4-14(5-3-1)6-7-15-8-10-16(11-9-15)17-18-12-13-19-17/h1-13H. The fraction of sp³-hybridized carbons (Fsp3) is 0. The first kappa shape index (κ1) is 11.5. The van der Waals surface area contributed by atoms with Gasteiger partial charge in [0.2, 0.25) is 5.89 Å². The molecule has 0 spiro atoms. The van der Waals surface area contributed by atoms with Crippen LogP contribution in [-0.2, 0) is 0 Å². The lowest BCUT2D eigenvalue weighted by Crippen LogP contribution is -1.78. The van der Waals surface area contributed by atoms with Gasteiger partial charge in [0.1, 0.15) is 6.26 Å². The van der Waals surface area contributed by atoms with Crippen molar-refractivity contribution in [3.05, 3.63) is 78.2 Å². The maximum atomic E-state index is 5.26. The van der Waals surface area contributed by atoms with E-state index in [1.54, 1.807) is 12.5 Å². The number of rotatable bonds is 3. The SMILES string of the molecule is C(=Cc1ccc(-c2ncco2)cc1)c1ccccc1. The molecule has 3 rings (SSSR count). The molecule has 0 aliphatic heterocycles. The molecule has 0 amide bonds. The Morgan fingerprint density at radius 1 is 0.789 bits per heavy atom. The van der Waals surface area contributed by atoms with Crippen LogP contribution in [0.4, 0.5) is 0 Å². The molecule has 0 radical (unpaired) electrons. The molecule has 0 atom stereocenters. The lowest BCUT2D eigenvalue weighted by atomic mass is 10.1. The van der Waals surface area contributed by atoms with Crippen LogP contribution in [0.5, 0.6) is 0 Å². The van der Waals surface area contributed by atoms with E-state index in [9.17, 15) is 0 Å². The Labute approximate surface area is 112 Å². The molecule has 1 aromatic heterocycles. The average Bonchev–Trinajstić information content (AvgIpc) is 3.01. The second-order valence-electron chi connectivity index (χ2n) is 4.20. The van der Waals surface area contributed by atoms with Crippen molar-refractivity contribution in [3.8, 4) is 11.5 Å². The molecule has 0 bridgehead atoms. The molecule has 0 aliphatic rings. The molecule has 19 heavy (non-hydrogen) atoms. The van der Waals surface area contributed by atoms with Crippen LogP contribution in [0.1, 0.15) is 11.1 Å². The van der Waals surface area contributed by atoms with Crippen LogP contribution < -0.4 is 0 Å². The topological polar surface area (TPSA) is 26.0 Å². The summed E-state index contributed by atoms with van der Waals surface area (Å²) in [6.45, 7) is 0. The van der Waals surface area contributed by atoms with Crippen LogP contribution in [0, 0.1) is 0 Å². The van der Waals surface area contributed by atoms with Crippen LogP contribution in [0.2, 0.25) is 0 Å². The molecule has 0 unspecified atom stereocenters. The quantitative estimate of drug-likeness (QED) is 0.636. The molecule has 0 N–H and O–H groups in total. The highest BCUT2D eigenvalue weighted by Crippen LogP contribution is 2.18. The highest BCUT2D eigenvalue weighted by atomic mass is 16.3. The van der Waals surface area contributed by atoms with Crippen molar-refractivity contribution in [3.63, 3.8) is 0 Å². The van der Waals surface area contributed by atoms with Gasteiger partial charge in [0, 0.05) is 5.56 Å². The Morgan fingerprint density at radius 2 is 1.47 bits per heavy atom. The number of oxazole rings is 1. The summed E-state index contributed by atoms with van der Waals surface area (Å²) in [7, 11) is 0. The average molecular weight is 247 g/mol. The van der Waals surface area contributed by atoms with Crippen LogP contribution >= 0.6 is 0 Å². The molecule has 2 nitrogen and oxygen atoms in total. The van der Waals surface area contributed by atoms with Gasteiger partial charge in [-0.05, 0) is 23.3 Å². The van der Waals surface area contributed by atoms with Gasteiger partial charge in [-0.25, -0.2) is 4.98 Å². The lowest BCUT2D eigenvalue weighted by molar-refractivity contribution is 0.574. The van der Waals surface area contributed by atoms with Gasteiger partial charge in [-0.1, -0.05) is 54.6 Å². The third-order valence-corrected chi connectivity index (χ3v) is 2.86. The normalized spacial score (nSPS) is 10.9. The van der Waals surface area contributed by atoms with Crippen molar-refractivity contribution in [2.24, 2.45) is 0 Å². The number of hydrogen-bond acceptors (Lipinski definition) is 2. The summed E-state index contributed by atoms with van der Waals surface area (Å²) in [5.74, 6) is 0.651. The zero-order valence-corrected chi connectivity index (χ0v) is 10.4. The minimum atomic E-state index is 0.651.